The summed E-state index contributed by atoms with van der Waals surface area (Å²) in [5, 5.41) is 2.48. The van der Waals surface area contributed by atoms with Gasteiger partial charge in [0.1, 0.15) is 12.4 Å². The van der Waals surface area contributed by atoms with Crippen molar-refractivity contribution in [2.75, 3.05) is 17.6 Å². The van der Waals surface area contributed by atoms with Gasteiger partial charge >= 0.3 is 0 Å². The maximum atomic E-state index is 13.0. The molecule has 2 rings (SSSR count). The van der Waals surface area contributed by atoms with Gasteiger partial charge in [0.05, 0.1) is 5.69 Å². The summed E-state index contributed by atoms with van der Waals surface area (Å²) >= 11 is 0. The van der Waals surface area contributed by atoms with Gasteiger partial charge in [-0.1, -0.05) is 6.92 Å². The van der Waals surface area contributed by atoms with Crippen molar-refractivity contribution in [3.63, 3.8) is 0 Å². The van der Waals surface area contributed by atoms with Crippen molar-refractivity contribution < 1.29 is 18.8 Å². The highest BCUT2D eigenvalue weighted by Gasteiger charge is 2.31. The quantitative estimate of drug-likeness (QED) is 0.645. The lowest BCUT2D eigenvalue weighted by molar-refractivity contribution is -0.151. The molecule has 3 amide bonds. The Hall–Kier alpha value is -2.44. The van der Waals surface area contributed by atoms with Gasteiger partial charge in [-0.15, -0.1) is 0 Å². The monoisotopic (exact) mass is 293 g/mol. The maximum Gasteiger partial charge on any atom is 0.244 e. The number of carbonyl (C=O) groups excluding carboxylic acids is 3. The van der Waals surface area contributed by atoms with Crippen LogP contribution in [0, 0.1) is 11.7 Å². The highest BCUT2D eigenvalue weighted by molar-refractivity contribution is 6.03. The fourth-order valence-corrected chi connectivity index (χ4v) is 2.17. The standard InChI is InChI=1S/C14H16FN3O3/c1-8-4-13(20)18(14(21)5-8)7-12(19)17-9-2-3-10(15)11(16)6-9/h2-3,6,8H,4-5,7,16H2,1H3,(H,17,19). The first-order chi connectivity index (χ1) is 9.86. The topological polar surface area (TPSA) is 92.5 Å². The number of nitrogens with zero attached hydrogens (tertiary/aromatic N) is 1. The molecule has 0 radical (unpaired) electrons. The van der Waals surface area contributed by atoms with Crippen molar-refractivity contribution >= 4 is 29.1 Å². The van der Waals surface area contributed by atoms with Crippen molar-refractivity contribution in [1.82, 2.24) is 4.90 Å². The van der Waals surface area contributed by atoms with Gasteiger partial charge in [0.15, 0.2) is 0 Å². The number of hydrogen-bond acceptors (Lipinski definition) is 4. The van der Waals surface area contributed by atoms with Gasteiger partial charge in [-0.05, 0) is 24.1 Å². The number of likely N-dealkylation sites (tertiary alicyclic amines) is 1. The summed E-state index contributed by atoms with van der Waals surface area (Å²) in [5.74, 6) is -1.82. The second kappa shape index (κ2) is 5.90. The van der Waals surface area contributed by atoms with Crippen LogP contribution in [0.1, 0.15) is 19.8 Å². The number of amides is 3. The Morgan fingerprint density at radius 2 is 2.00 bits per heavy atom. The Bertz CT molecular complexity index is 585. The van der Waals surface area contributed by atoms with Gasteiger partial charge in [-0.3, -0.25) is 19.3 Å². The van der Waals surface area contributed by atoms with Gasteiger partial charge in [0, 0.05) is 18.5 Å². The van der Waals surface area contributed by atoms with Gasteiger partial charge in [-0.2, -0.15) is 0 Å². The number of anilines is 2. The van der Waals surface area contributed by atoms with Crippen molar-refractivity contribution in [3.05, 3.63) is 24.0 Å². The van der Waals surface area contributed by atoms with E-state index in [-0.39, 0.29) is 42.8 Å². The minimum absolute atomic E-state index is 0.00112. The Morgan fingerprint density at radius 3 is 2.57 bits per heavy atom. The SMILES string of the molecule is CC1CC(=O)N(CC(=O)Nc2ccc(F)c(N)c2)C(=O)C1. The summed E-state index contributed by atoms with van der Waals surface area (Å²) in [6.07, 6.45) is 0.505. The number of rotatable bonds is 3. The van der Waals surface area contributed by atoms with Crippen LogP contribution in [0.5, 0.6) is 0 Å². The van der Waals surface area contributed by atoms with Crippen LogP contribution in [0.2, 0.25) is 0 Å². The van der Waals surface area contributed by atoms with E-state index < -0.39 is 11.7 Å². The van der Waals surface area contributed by atoms with Crippen molar-refractivity contribution in [3.8, 4) is 0 Å². The lowest BCUT2D eigenvalue weighted by atomic mass is 9.98. The molecule has 1 saturated heterocycles. The lowest BCUT2D eigenvalue weighted by Gasteiger charge is -2.27. The molecule has 0 unspecified atom stereocenters. The molecule has 112 valence electrons. The first-order valence-electron chi connectivity index (χ1n) is 6.55. The molecule has 0 bridgehead atoms. The largest absolute Gasteiger partial charge is 0.396 e. The number of nitrogens with two attached hydrogens (primary N) is 1. The van der Waals surface area contributed by atoms with E-state index in [1.807, 2.05) is 6.92 Å². The Morgan fingerprint density at radius 1 is 1.38 bits per heavy atom. The summed E-state index contributed by atoms with van der Waals surface area (Å²) < 4.78 is 13.0. The maximum absolute atomic E-state index is 13.0. The van der Waals surface area contributed by atoms with Gasteiger partial charge in [0.25, 0.3) is 0 Å². The molecule has 21 heavy (non-hydrogen) atoms. The predicted molar refractivity (Wildman–Crippen MR) is 74.6 cm³/mol. The predicted octanol–water partition coefficient (Wildman–Crippen LogP) is 1.13. The Kier molecular flexibility index (Phi) is 4.21. The number of hydrogen-bond donors (Lipinski definition) is 2. The molecule has 0 atom stereocenters. The van der Waals surface area contributed by atoms with Crippen LogP contribution in [0.3, 0.4) is 0 Å². The molecule has 6 nitrogen and oxygen atoms in total. The molecular formula is C14H16FN3O3. The lowest BCUT2D eigenvalue weighted by Crippen LogP contribution is -2.46. The third-order valence-corrected chi connectivity index (χ3v) is 3.23. The molecule has 0 spiro atoms. The second-order valence-corrected chi connectivity index (χ2v) is 5.17. The molecule has 7 heteroatoms. The zero-order valence-corrected chi connectivity index (χ0v) is 11.6. The first kappa shape index (κ1) is 15.0. The molecular weight excluding hydrogens is 277 g/mol. The smallest absolute Gasteiger partial charge is 0.244 e. The third-order valence-electron chi connectivity index (χ3n) is 3.23. The van der Waals surface area contributed by atoms with Crippen LogP contribution in [-0.2, 0) is 14.4 Å². The summed E-state index contributed by atoms with van der Waals surface area (Å²) in [7, 11) is 0. The van der Waals surface area contributed by atoms with E-state index in [1.54, 1.807) is 0 Å². The third kappa shape index (κ3) is 3.56. The van der Waals surface area contributed by atoms with E-state index in [1.165, 1.54) is 12.1 Å². The van der Waals surface area contributed by atoms with Crippen molar-refractivity contribution in [1.29, 1.82) is 0 Å². The Balaban J connectivity index is 1.99. The van der Waals surface area contributed by atoms with Crippen molar-refractivity contribution in [2.24, 2.45) is 5.92 Å². The number of piperidine rings is 1. The van der Waals surface area contributed by atoms with E-state index >= 15 is 0 Å². The zero-order valence-electron chi connectivity index (χ0n) is 11.6. The zero-order chi connectivity index (χ0) is 15.6. The highest BCUT2D eigenvalue weighted by Crippen LogP contribution is 2.19. The highest BCUT2D eigenvalue weighted by atomic mass is 19.1. The number of imide groups is 1. The number of carbonyl (C=O) groups is 3. The molecule has 0 aromatic heterocycles. The molecule has 1 aliphatic heterocycles. The van der Waals surface area contributed by atoms with Crippen LogP contribution in [0.15, 0.2) is 18.2 Å². The van der Waals surface area contributed by atoms with E-state index in [9.17, 15) is 18.8 Å². The first-order valence-corrected chi connectivity index (χ1v) is 6.55. The fourth-order valence-electron chi connectivity index (χ4n) is 2.17. The van der Waals surface area contributed by atoms with Gasteiger partial charge in [-0.25, -0.2) is 4.39 Å². The minimum atomic E-state index is -0.580. The normalized spacial score (nSPS) is 16.2. The van der Waals surface area contributed by atoms with E-state index in [2.05, 4.69) is 5.32 Å². The molecule has 3 N–H and O–H groups in total. The van der Waals surface area contributed by atoms with E-state index in [0.717, 1.165) is 11.0 Å². The van der Waals surface area contributed by atoms with Crippen LogP contribution >= 0.6 is 0 Å². The molecule has 1 aromatic rings. The number of halogens is 1. The Labute approximate surface area is 121 Å². The van der Waals surface area contributed by atoms with E-state index in [4.69, 9.17) is 5.73 Å². The summed E-state index contributed by atoms with van der Waals surface area (Å²) in [5.41, 5.74) is 5.61. The van der Waals surface area contributed by atoms with Crippen LogP contribution < -0.4 is 11.1 Å². The summed E-state index contributed by atoms with van der Waals surface area (Å²) in [6.45, 7) is 1.47. The molecule has 1 aromatic carbocycles. The number of nitrogen functional groups attached to an aromatic ring is 1. The fraction of sp³-hybridized carbons (Fsp3) is 0.357. The summed E-state index contributed by atoms with van der Waals surface area (Å²) in [6, 6.07) is 3.75. The molecule has 1 fully saturated rings. The summed E-state index contributed by atoms with van der Waals surface area (Å²) in [4.78, 5) is 36.3. The second-order valence-electron chi connectivity index (χ2n) is 5.17. The van der Waals surface area contributed by atoms with Crippen molar-refractivity contribution in [2.45, 2.75) is 19.8 Å². The molecule has 1 heterocycles. The van der Waals surface area contributed by atoms with Crippen LogP contribution in [0.4, 0.5) is 15.8 Å². The number of benzene rings is 1. The van der Waals surface area contributed by atoms with Crippen LogP contribution in [0.25, 0.3) is 0 Å². The van der Waals surface area contributed by atoms with Gasteiger partial charge < -0.3 is 11.1 Å². The van der Waals surface area contributed by atoms with Gasteiger partial charge in [0.2, 0.25) is 17.7 Å². The average molecular weight is 293 g/mol. The van der Waals surface area contributed by atoms with E-state index in [0.29, 0.717) is 5.69 Å². The average Bonchev–Trinajstić information content (AvgIpc) is 2.38. The minimum Gasteiger partial charge on any atom is -0.396 e. The number of nitrogens with one attached hydrogen (secondary N) is 1. The molecule has 1 aliphatic rings. The van der Waals surface area contributed by atoms with Crippen LogP contribution in [-0.4, -0.2) is 29.2 Å². The molecule has 0 aliphatic carbocycles. The molecule has 0 saturated carbocycles.